The van der Waals surface area contributed by atoms with Gasteiger partial charge < -0.3 is 25.2 Å². The zero-order valence-electron chi connectivity index (χ0n) is 17.0. The van der Waals surface area contributed by atoms with Crippen LogP contribution in [0.25, 0.3) is 0 Å². The van der Waals surface area contributed by atoms with Crippen LogP contribution in [0, 0.1) is 12.8 Å². The Bertz CT molecular complexity index is 815. The highest BCUT2D eigenvalue weighted by Gasteiger charge is 2.31. The van der Waals surface area contributed by atoms with Gasteiger partial charge in [-0.2, -0.15) is 4.98 Å². The van der Waals surface area contributed by atoms with Crippen LogP contribution in [0.1, 0.15) is 18.5 Å². The number of ether oxygens (including phenoxy) is 1. The Morgan fingerprint density at radius 2 is 1.93 bits per heavy atom. The van der Waals surface area contributed by atoms with Crippen molar-refractivity contribution in [1.82, 2.24) is 14.9 Å². The van der Waals surface area contributed by atoms with Crippen molar-refractivity contribution in [2.24, 2.45) is 5.92 Å². The number of aromatic nitrogens is 2. The molecule has 0 spiro atoms. The van der Waals surface area contributed by atoms with E-state index in [4.69, 9.17) is 4.74 Å². The Morgan fingerprint density at radius 3 is 2.64 bits per heavy atom. The first kappa shape index (κ1) is 18.8. The summed E-state index contributed by atoms with van der Waals surface area (Å²) in [6, 6.07) is 8.08. The fourth-order valence-electron chi connectivity index (χ4n) is 4.11. The molecule has 0 saturated carbocycles. The Balaban J connectivity index is 1.45. The minimum atomic E-state index is 0.594. The van der Waals surface area contributed by atoms with Gasteiger partial charge in [0.1, 0.15) is 11.6 Å². The van der Waals surface area contributed by atoms with Crippen LogP contribution in [0.4, 0.5) is 23.1 Å². The van der Waals surface area contributed by atoms with E-state index in [2.05, 4.69) is 36.5 Å². The largest absolute Gasteiger partial charge is 0.495 e. The molecule has 0 radical (unpaired) electrons. The van der Waals surface area contributed by atoms with E-state index in [0.29, 0.717) is 5.95 Å². The molecule has 0 aliphatic carbocycles. The maximum Gasteiger partial charge on any atom is 0.229 e. The SMILES string of the molecule is CNc1cc(C)nc(Nc2ccc(OC)c(N3CC(CN4CCCC4)C3)c2)n1. The maximum atomic E-state index is 5.61. The zero-order valence-corrected chi connectivity index (χ0v) is 17.0. The van der Waals surface area contributed by atoms with Crippen LogP contribution < -0.4 is 20.3 Å². The van der Waals surface area contributed by atoms with Gasteiger partial charge in [0, 0.05) is 50.0 Å². The fraction of sp³-hybridized carbons (Fsp3) is 0.524. The van der Waals surface area contributed by atoms with E-state index < -0.39 is 0 Å². The molecule has 7 nitrogen and oxygen atoms in total. The third kappa shape index (κ3) is 4.14. The molecular weight excluding hydrogens is 352 g/mol. The summed E-state index contributed by atoms with van der Waals surface area (Å²) in [7, 11) is 3.59. The van der Waals surface area contributed by atoms with E-state index in [1.54, 1.807) is 7.11 Å². The molecule has 7 heteroatoms. The molecule has 3 heterocycles. The minimum absolute atomic E-state index is 0.594. The zero-order chi connectivity index (χ0) is 19.5. The van der Waals surface area contributed by atoms with Gasteiger partial charge in [0.2, 0.25) is 5.95 Å². The number of hydrogen-bond donors (Lipinski definition) is 2. The molecule has 0 amide bonds. The molecule has 0 atom stereocenters. The van der Waals surface area contributed by atoms with Crippen LogP contribution in [0.15, 0.2) is 24.3 Å². The number of anilines is 4. The van der Waals surface area contributed by atoms with Crippen molar-refractivity contribution in [2.45, 2.75) is 19.8 Å². The lowest BCUT2D eigenvalue weighted by Crippen LogP contribution is -2.51. The van der Waals surface area contributed by atoms with E-state index in [0.717, 1.165) is 47.6 Å². The lowest BCUT2D eigenvalue weighted by atomic mass is 9.98. The van der Waals surface area contributed by atoms with Gasteiger partial charge in [0.25, 0.3) is 0 Å². The van der Waals surface area contributed by atoms with Crippen molar-refractivity contribution in [3.05, 3.63) is 30.0 Å². The van der Waals surface area contributed by atoms with Gasteiger partial charge in [0.05, 0.1) is 12.8 Å². The van der Waals surface area contributed by atoms with E-state index in [1.807, 2.05) is 32.2 Å². The summed E-state index contributed by atoms with van der Waals surface area (Å²) in [4.78, 5) is 14.0. The van der Waals surface area contributed by atoms with Crippen LogP contribution in [-0.2, 0) is 0 Å². The number of rotatable bonds is 7. The molecule has 2 fully saturated rings. The molecule has 2 aliphatic heterocycles. The van der Waals surface area contributed by atoms with Crippen LogP contribution >= 0.6 is 0 Å². The first-order valence-corrected chi connectivity index (χ1v) is 10.1. The van der Waals surface area contributed by atoms with Crippen molar-refractivity contribution in [3.8, 4) is 5.75 Å². The number of nitrogens with zero attached hydrogens (tertiary/aromatic N) is 4. The number of likely N-dealkylation sites (tertiary alicyclic amines) is 1. The lowest BCUT2D eigenvalue weighted by Gasteiger charge is -2.43. The van der Waals surface area contributed by atoms with E-state index in [9.17, 15) is 0 Å². The Morgan fingerprint density at radius 1 is 1.14 bits per heavy atom. The van der Waals surface area contributed by atoms with Crippen LogP contribution in [0.2, 0.25) is 0 Å². The van der Waals surface area contributed by atoms with Crippen LogP contribution in [0.5, 0.6) is 5.75 Å². The van der Waals surface area contributed by atoms with Crippen molar-refractivity contribution in [1.29, 1.82) is 0 Å². The predicted molar refractivity (Wildman–Crippen MR) is 114 cm³/mol. The van der Waals surface area contributed by atoms with Crippen molar-refractivity contribution in [2.75, 3.05) is 62.4 Å². The average Bonchev–Trinajstić information content (AvgIpc) is 3.17. The predicted octanol–water partition coefficient (Wildman–Crippen LogP) is 3.11. The summed E-state index contributed by atoms with van der Waals surface area (Å²) >= 11 is 0. The quantitative estimate of drug-likeness (QED) is 0.763. The van der Waals surface area contributed by atoms with Crippen molar-refractivity contribution < 1.29 is 4.74 Å². The molecule has 0 unspecified atom stereocenters. The molecule has 2 aliphatic rings. The normalized spacial score (nSPS) is 17.5. The number of nitrogens with one attached hydrogen (secondary N) is 2. The second-order valence-corrected chi connectivity index (χ2v) is 7.76. The summed E-state index contributed by atoms with van der Waals surface area (Å²) in [5.41, 5.74) is 3.01. The highest BCUT2D eigenvalue weighted by Crippen LogP contribution is 2.36. The molecule has 1 aromatic carbocycles. The second kappa shape index (κ2) is 8.22. The first-order chi connectivity index (χ1) is 13.6. The van der Waals surface area contributed by atoms with Crippen molar-refractivity contribution >= 4 is 23.1 Å². The average molecular weight is 383 g/mol. The Labute approximate surface area is 167 Å². The Kier molecular flexibility index (Phi) is 5.52. The molecule has 2 saturated heterocycles. The van der Waals surface area contributed by atoms with Crippen molar-refractivity contribution in [3.63, 3.8) is 0 Å². The van der Waals surface area contributed by atoms with Gasteiger partial charge in [-0.25, -0.2) is 4.98 Å². The fourth-order valence-corrected chi connectivity index (χ4v) is 4.11. The molecular formula is C21H30N6O. The number of methoxy groups -OCH3 is 1. The third-order valence-corrected chi connectivity index (χ3v) is 5.56. The monoisotopic (exact) mass is 382 g/mol. The maximum absolute atomic E-state index is 5.61. The smallest absolute Gasteiger partial charge is 0.229 e. The first-order valence-electron chi connectivity index (χ1n) is 10.1. The highest BCUT2D eigenvalue weighted by molar-refractivity contribution is 5.69. The van der Waals surface area contributed by atoms with Gasteiger partial charge in [-0.15, -0.1) is 0 Å². The molecule has 2 N–H and O–H groups in total. The van der Waals surface area contributed by atoms with E-state index in [-0.39, 0.29) is 0 Å². The third-order valence-electron chi connectivity index (χ3n) is 5.56. The molecule has 4 rings (SSSR count). The van der Waals surface area contributed by atoms with Gasteiger partial charge in [-0.05, 0) is 51.1 Å². The summed E-state index contributed by atoms with van der Waals surface area (Å²) in [6.07, 6.45) is 2.71. The highest BCUT2D eigenvalue weighted by atomic mass is 16.5. The molecule has 0 bridgehead atoms. The summed E-state index contributed by atoms with van der Waals surface area (Å²) < 4.78 is 5.61. The summed E-state index contributed by atoms with van der Waals surface area (Å²) in [5, 5.41) is 6.40. The van der Waals surface area contributed by atoms with Gasteiger partial charge in [0.15, 0.2) is 0 Å². The minimum Gasteiger partial charge on any atom is -0.495 e. The van der Waals surface area contributed by atoms with Crippen LogP contribution in [0.3, 0.4) is 0 Å². The second-order valence-electron chi connectivity index (χ2n) is 7.76. The molecule has 2 aromatic rings. The number of benzene rings is 1. The van der Waals surface area contributed by atoms with E-state index >= 15 is 0 Å². The summed E-state index contributed by atoms with van der Waals surface area (Å²) in [5.74, 6) is 3.05. The lowest BCUT2D eigenvalue weighted by molar-refractivity contribution is 0.246. The molecule has 1 aromatic heterocycles. The van der Waals surface area contributed by atoms with Gasteiger partial charge in [-0.3, -0.25) is 0 Å². The standard InChI is InChI=1S/C21H30N6O/c1-15-10-20(22-2)25-21(23-15)24-17-6-7-19(28-3)18(11-17)27-13-16(14-27)12-26-8-4-5-9-26/h6-7,10-11,16H,4-5,8-9,12-14H2,1-3H3,(H2,22,23,24,25). The van der Waals surface area contributed by atoms with Crippen LogP contribution in [-0.4, -0.2) is 61.7 Å². The van der Waals surface area contributed by atoms with Gasteiger partial charge >= 0.3 is 0 Å². The number of hydrogen-bond acceptors (Lipinski definition) is 7. The molecule has 150 valence electrons. The Hall–Kier alpha value is -2.54. The van der Waals surface area contributed by atoms with Gasteiger partial charge in [-0.1, -0.05) is 0 Å². The topological polar surface area (TPSA) is 65.6 Å². The van der Waals surface area contributed by atoms with E-state index in [1.165, 1.54) is 32.5 Å². The number of aryl methyl sites for hydroxylation is 1. The molecule has 28 heavy (non-hydrogen) atoms. The summed E-state index contributed by atoms with van der Waals surface area (Å²) in [6.45, 7) is 7.89.